The average Bonchev–Trinajstić information content (AvgIpc) is 2.75. The molecule has 0 saturated carbocycles. The van der Waals surface area contributed by atoms with Gasteiger partial charge in [-0.15, -0.1) is 11.3 Å². The Hall–Kier alpha value is -0.980. The zero-order chi connectivity index (χ0) is 13.1. The number of thiophene rings is 1. The van der Waals surface area contributed by atoms with Gasteiger partial charge >= 0.3 is 0 Å². The predicted octanol–water partition coefficient (Wildman–Crippen LogP) is 3.17. The fraction of sp³-hybridized carbons (Fsp3) is 0.250. The summed E-state index contributed by atoms with van der Waals surface area (Å²) in [6, 6.07) is 3.48. The van der Waals surface area contributed by atoms with Crippen molar-refractivity contribution >= 4 is 33.1 Å². The van der Waals surface area contributed by atoms with E-state index in [1.54, 1.807) is 23.3 Å². The Bertz CT molecular complexity index is 547. The monoisotopic (exact) mass is 330 g/mol. The second-order valence-corrected chi connectivity index (χ2v) is 5.76. The van der Waals surface area contributed by atoms with Crippen LogP contribution in [0.3, 0.4) is 0 Å². The fourth-order valence-electron chi connectivity index (χ4n) is 1.60. The van der Waals surface area contributed by atoms with E-state index in [2.05, 4.69) is 20.9 Å². The maximum absolute atomic E-state index is 14.0. The molecule has 0 amide bonds. The summed E-state index contributed by atoms with van der Waals surface area (Å²) in [5, 5.41) is 11.0. The Balaban J connectivity index is 2.21. The van der Waals surface area contributed by atoms with Crippen LogP contribution in [-0.4, -0.2) is 17.1 Å². The normalized spacial score (nSPS) is 10.7. The van der Waals surface area contributed by atoms with Gasteiger partial charge in [0.05, 0.1) is 13.2 Å². The van der Waals surface area contributed by atoms with Gasteiger partial charge in [-0.3, -0.25) is 0 Å². The molecule has 0 atom stereocenters. The zero-order valence-electron chi connectivity index (χ0n) is 9.73. The molecule has 2 aromatic rings. The molecular formula is C12H12BrFN2OS. The fourth-order valence-corrected chi connectivity index (χ4v) is 3.11. The zero-order valence-corrected chi connectivity index (χ0v) is 12.1. The summed E-state index contributed by atoms with van der Waals surface area (Å²) in [6.07, 6.45) is 1.50. The molecule has 0 bridgehead atoms. The molecule has 0 saturated heterocycles. The molecule has 1 N–H and O–H groups in total. The molecule has 2 heterocycles. The number of anilines is 1. The van der Waals surface area contributed by atoms with Crippen LogP contribution in [0.5, 0.6) is 0 Å². The third-order valence-corrected chi connectivity index (χ3v) is 4.18. The standard InChI is InChI=1S/C12H12BrFN2OS/c1-16(5-10-4-9(13)7-18-10)12-11(14)8(6-17)2-3-15-12/h2-4,7,17H,5-6H2,1H3. The van der Waals surface area contributed by atoms with Gasteiger partial charge in [0.15, 0.2) is 11.6 Å². The van der Waals surface area contributed by atoms with E-state index in [4.69, 9.17) is 5.11 Å². The lowest BCUT2D eigenvalue weighted by Crippen LogP contribution is -2.19. The number of aromatic nitrogens is 1. The van der Waals surface area contributed by atoms with Crippen LogP contribution in [-0.2, 0) is 13.2 Å². The first-order chi connectivity index (χ1) is 8.61. The summed E-state index contributed by atoms with van der Waals surface area (Å²) in [6.45, 7) is 0.259. The number of nitrogens with zero attached hydrogens (tertiary/aromatic N) is 2. The minimum absolute atomic E-state index is 0.256. The van der Waals surface area contributed by atoms with Crippen molar-refractivity contribution in [2.24, 2.45) is 0 Å². The van der Waals surface area contributed by atoms with E-state index < -0.39 is 5.82 Å². The van der Waals surface area contributed by atoms with Crippen molar-refractivity contribution in [3.8, 4) is 0 Å². The Morgan fingerprint density at radius 2 is 2.33 bits per heavy atom. The van der Waals surface area contributed by atoms with Gasteiger partial charge in [0.1, 0.15) is 0 Å². The van der Waals surface area contributed by atoms with Crippen molar-refractivity contribution in [1.29, 1.82) is 0 Å². The van der Waals surface area contributed by atoms with Gasteiger partial charge in [-0.1, -0.05) is 0 Å². The molecule has 0 aromatic carbocycles. The van der Waals surface area contributed by atoms with Crippen LogP contribution in [0.2, 0.25) is 0 Å². The Labute approximate surface area is 117 Å². The van der Waals surface area contributed by atoms with E-state index in [0.717, 1.165) is 9.35 Å². The number of aliphatic hydroxyl groups excluding tert-OH is 1. The van der Waals surface area contributed by atoms with Gasteiger partial charge in [-0.05, 0) is 28.1 Å². The Morgan fingerprint density at radius 1 is 1.56 bits per heavy atom. The molecule has 2 aromatic heterocycles. The van der Waals surface area contributed by atoms with E-state index in [1.807, 2.05) is 11.4 Å². The summed E-state index contributed by atoms with van der Waals surface area (Å²) in [5.41, 5.74) is 0.263. The van der Waals surface area contributed by atoms with Crippen LogP contribution in [0, 0.1) is 5.82 Å². The molecule has 0 spiro atoms. The van der Waals surface area contributed by atoms with Gasteiger partial charge in [0, 0.05) is 33.5 Å². The summed E-state index contributed by atoms with van der Waals surface area (Å²) >= 11 is 4.98. The van der Waals surface area contributed by atoms with Gasteiger partial charge in [0.2, 0.25) is 0 Å². The molecule has 96 valence electrons. The smallest absolute Gasteiger partial charge is 0.171 e. The lowest BCUT2D eigenvalue weighted by Gasteiger charge is -2.18. The molecule has 3 nitrogen and oxygen atoms in total. The highest BCUT2D eigenvalue weighted by Crippen LogP contribution is 2.24. The Morgan fingerprint density at radius 3 is 2.94 bits per heavy atom. The topological polar surface area (TPSA) is 36.4 Å². The van der Waals surface area contributed by atoms with Crippen LogP contribution >= 0.6 is 27.3 Å². The van der Waals surface area contributed by atoms with E-state index in [-0.39, 0.29) is 18.0 Å². The number of aliphatic hydroxyl groups is 1. The van der Waals surface area contributed by atoms with Crippen molar-refractivity contribution in [3.05, 3.63) is 44.4 Å². The molecule has 2 rings (SSSR count). The maximum atomic E-state index is 14.0. The van der Waals surface area contributed by atoms with Gasteiger partial charge in [-0.25, -0.2) is 9.37 Å². The quantitative estimate of drug-likeness (QED) is 0.935. The highest BCUT2D eigenvalue weighted by atomic mass is 79.9. The van der Waals surface area contributed by atoms with Crippen molar-refractivity contribution in [1.82, 2.24) is 4.98 Å². The van der Waals surface area contributed by atoms with E-state index in [9.17, 15) is 4.39 Å². The maximum Gasteiger partial charge on any atom is 0.171 e. The van der Waals surface area contributed by atoms with Crippen molar-refractivity contribution in [2.75, 3.05) is 11.9 Å². The average molecular weight is 331 g/mol. The van der Waals surface area contributed by atoms with Crippen molar-refractivity contribution < 1.29 is 9.50 Å². The number of pyridine rings is 1. The SMILES string of the molecule is CN(Cc1cc(Br)cs1)c1nccc(CO)c1F. The van der Waals surface area contributed by atoms with Crippen LogP contribution in [0.1, 0.15) is 10.4 Å². The minimum Gasteiger partial charge on any atom is -0.392 e. The first kappa shape index (κ1) is 13.5. The van der Waals surface area contributed by atoms with E-state index in [0.29, 0.717) is 6.54 Å². The van der Waals surface area contributed by atoms with Crippen LogP contribution in [0.25, 0.3) is 0 Å². The third kappa shape index (κ3) is 2.88. The van der Waals surface area contributed by atoms with Crippen molar-refractivity contribution in [3.63, 3.8) is 0 Å². The lowest BCUT2D eigenvalue weighted by atomic mass is 10.2. The summed E-state index contributed by atoms with van der Waals surface area (Å²) in [4.78, 5) is 6.86. The number of rotatable bonds is 4. The van der Waals surface area contributed by atoms with Gasteiger partial charge < -0.3 is 10.0 Å². The summed E-state index contributed by atoms with van der Waals surface area (Å²) in [5.74, 6) is -0.204. The predicted molar refractivity (Wildman–Crippen MR) is 74.2 cm³/mol. The highest BCUT2D eigenvalue weighted by molar-refractivity contribution is 9.10. The second-order valence-electron chi connectivity index (χ2n) is 3.85. The van der Waals surface area contributed by atoms with Crippen molar-refractivity contribution in [2.45, 2.75) is 13.2 Å². The minimum atomic E-state index is -0.460. The molecule has 0 fully saturated rings. The van der Waals surface area contributed by atoms with Crippen LogP contribution in [0.4, 0.5) is 10.2 Å². The molecule has 0 aliphatic heterocycles. The Kier molecular flexibility index (Phi) is 4.31. The van der Waals surface area contributed by atoms with E-state index >= 15 is 0 Å². The first-order valence-electron chi connectivity index (χ1n) is 5.30. The largest absolute Gasteiger partial charge is 0.392 e. The van der Waals surface area contributed by atoms with Crippen LogP contribution < -0.4 is 4.90 Å². The lowest BCUT2D eigenvalue weighted by molar-refractivity contribution is 0.275. The van der Waals surface area contributed by atoms with Crippen LogP contribution in [0.15, 0.2) is 28.2 Å². The van der Waals surface area contributed by atoms with Gasteiger partial charge in [0.25, 0.3) is 0 Å². The second kappa shape index (κ2) is 5.77. The molecule has 0 unspecified atom stereocenters. The molecule has 6 heteroatoms. The molecule has 0 aliphatic rings. The summed E-state index contributed by atoms with van der Waals surface area (Å²) < 4.78 is 15.0. The first-order valence-corrected chi connectivity index (χ1v) is 6.97. The number of halogens is 2. The molecular weight excluding hydrogens is 319 g/mol. The highest BCUT2D eigenvalue weighted by Gasteiger charge is 2.13. The summed E-state index contributed by atoms with van der Waals surface area (Å²) in [7, 11) is 1.78. The van der Waals surface area contributed by atoms with E-state index in [1.165, 1.54) is 12.3 Å². The molecule has 0 radical (unpaired) electrons. The molecule has 0 aliphatic carbocycles. The third-order valence-electron chi connectivity index (χ3n) is 2.50. The molecule has 18 heavy (non-hydrogen) atoms. The number of hydrogen-bond acceptors (Lipinski definition) is 4. The van der Waals surface area contributed by atoms with Gasteiger partial charge in [-0.2, -0.15) is 0 Å². The number of hydrogen-bond donors (Lipinski definition) is 1.